The molecule has 0 saturated carbocycles. The van der Waals surface area contributed by atoms with Crippen LogP contribution in [0.15, 0.2) is 42.5 Å². The first-order valence-electron chi connectivity index (χ1n) is 6.08. The minimum Gasteiger partial charge on any atom is -0.481 e. The highest BCUT2D eigenvalue weighted by Gasteiger charge is 2.11. The molecule has 1 N–H and O–H groups in total. The third-order valence-corrected chi connectivity index (χ3v) is 3.11. The lowest BCUT2D eigenvalue weighted by atomic mass is 9.98. The van der Waals surface area contributed by atoms with Gasteiger partial charge in [-0.2, -0.15) is 0 Å². The third-order valence-electron chi connectivity index (χ3n) is 2.86. The minimum atomic E-state index is -0.916. The van der Waals surface area contributed by atoms with E-state index in [1.54, 1.807) is 42.5 Å². The van der Waals surface area contributed by atoms with Crippen molar-refractivity contribution in [3.63, 3.8) is 0 Å². The summed E-state index contributed by atoms with van der Waals surface area (Å²) in [4.78, 5) is 23.1. The molecule has 2 aromatic carbocycles. The molecular formula is C16H13ClO3. The van der Waals surface area contributed by atoms with Gasteiger partial charge < -0.3 is 5.11 Å². The number of hydrogen-bond donors (Lipinski definition) is 1. The summed E-state index contributed by atoms with van der Waals surface area (Å²) in [5, 5.41) is 9.40. The number of carboxylic acid groups (broad SMARTS) is 1. The van der Waals surface area contributed by atoms with Gasteiger partial charge in [0, 0.05) is 16.1 Å². The van der Waals surface area contributed by atoms with Crippen LogP contribution in [0.1, 0.15) is 27.0 Å². The van der Waals surface area contributed by atoms with Gasteiger partial charge in [0.2, 0.25) is 0 Å². The summed E-state index contributed by atoms with van der Waals surface area (Å²) in [6.45, 7) is 1.84. The van der Waals surface area contributed by atoms with Crippen LogP contribution in [0.25, 0.3) is 0 Å². The van der Waals surface area contributed by atoms with Gasteiger partial charge in [-0.1, -0.05) is 23.2 Å². The number of benzene rings is 2. The predicted octanol–water partition coefficient (Wildman–Crippen LogP) is 3.51. The molecule has 0 heterocycles. The zero-order chi connectivity index (χ0) is 14.7. The number of ketones is 1. The zero-order valence-electron chi connectivity index (χ0n) is 10.9. The van der Waals surface area contributed by atoms with E-state index in [4.69, 9.17) is 16.7 Å². The van der Waals surface area contributed by atoms with Crippen LogP contribution in [-0.4, -0.2) is 16.9 Å². The molecule has 0 unspecified atom stereocenters. The van der Waals surface area contributed by atoms with Gasteiger partial charge >= 0.3 is 5.97 Å². The van der Waals surface area contributed by atoms with Crippen molar-refractivity contribution in [3.8, 4) is 0 Å². The van der Waals surface area contributed by atoms with Crippen molar-refractivity contribution in [1.29, 1.82) is 0 Å². The second-order valence-electron chi connectivity index (χ2n) is 4.61. The van der Waals surface area contributed by atoms with Gasteiger partial charge in [0.1, 0.15) is 0 Å². The van der Waals surface area contributed by atoms with Crippen LogP contribution >= 0.6 is 11.6 Å². The molecule has 0 aliphatic rings. The van der Waals surface area contributed by atoms with Crippen LogP contribution < -0.4 is 0 Å². The lowest BCUT2D eigenvalue weighted by Crippen LogP contribution is -2.05. The normalized spacial score (nSPS) is 10.3. The van der Waals surface area contributed by atoms with Gasteiger partial charge in [-0.15, -0.1) is 0 Å². The summed E-state index contributed by atoms with van der Waals surface area (Å²) >= 11 is 5.79. The summed E-state index contributed by atoms with van der Waals surface area (Å²) in [5.41, 5.74) is 2.50. The third kappa shape index (κ3) is 3.45. The van der Waals surface area contributed by atoms with Crippen molar-refractivity contribution in [1.82, 2.24) is 0 Å². The number of hydrogen-bond acceptors (Lipinski definition) is 2. The standard InChI is InChI=1S/C16H13ClO3/c1-10-6-11(9-15(18)19)8-13(7-10)16(20)12-2-4-14(17)5-3-12/h2-8H,9H2,1H3,(H,18,19). The van der Waals surface area contributed by atoms with Crippen molar-refractivity contribution in [2.45, 2.75) is 13.3 Å². The lowest BCUT2D eigenvalue weighted by molar-refractivity contribution is -0.136. The maximum atomic E-state index is 12.4. The first kappa shape index (κ1) is 14.3. The summed E-state index contributed by atoms with van der Waals surface area (Å²) in [7, 11) is 0. The van der Waals surface area contributed by atoms with Gasteiger partial charge in [0.15, 0.2) is 5.78 Å². The quantitative estimate of drug-likeness (QED) is 0.876. The van der Waals surface area contributed by atoms with Gasteiger partial charge in [-0.05, 0) is 48.9 Å². The molecule has 0 saturated heterocycles. The van der Waals surface area contributed by atoms with Crippen LogP contribution in [-0.2, 0) is 11.2 Å². The largest absolute Gasteiger partial charge is 0.481 e. The minimum absolute atomic E-state index is 0.0947. The van der Waals surface area contributed by atoms with Gasteiger partial charge in [-0.3, -0.25) is 9.59 Å². The van der Waals surface area contributed by atoms with E-state index < -0.39 is 5.97 Å². The van der Waals surface area contributed by atoms with Crippen LogP contribution in [0, 0.1) is 6.92 Å². The Hall–Kier alpha value is -2.13. The molecule has 3 nitrogen and oxygen atoms in total. The molecular weight excluding hydrogens is 276 g/mol. The van der Waals surface area contributed by atoms with Crippen molar-refractivity contribution in [2.75, 3.05) is 0 Å². The number of carboxylic acids is 1. The van der Waals surface area contributed by atoms with Crippen molar-refractivity contribution >= 4 is 23.4 Å². The highest BCUT2D eigenvalue weighted by atomic mass is 35.5. The van der Waals surface area contributed by atoms with Crippen molar-refractivity contribution in [2.24, 2.45) is 0 Å². The molecule has 0 atom stereocenters. The van der Waals surface area contributed by atoms with Crippen molar-refractivity contribution in [3.05, 3.63) is 69.7 Å². The van der Waals surface area contributed by atoms with E-state index in [2.05, 4.69) is 0 Å². The Morgan fingerprint density at radius 3 is 2.30 bits per heavy atom. The average molecular weight is 289 g/mol. The van der Waals surface area contributed by atoms with Gasteiger partial charge in [-0.25, -0.2) is 0 Å². The number of aryl methyl sites for hydroxylation is 1. The van der Waals surface area contributed by atoms with E-state index in [-0.39, 0.29) is 12.2 Å². The van der Waals surface area contributed by atoms with Crippen molar-refractivity contribution < 1.29 is 14.7 Å². The van der Waals surface area contributed by atoms with E-state index in [1.807, 2.05) is 6.92 Å². The van der Waals surface area contributed by atoms with Gasteiger partial charge in [0.25, 0.3) is 0 Å². The van der Waals surface area contributed by atoms with Crippen LogP contribution in [0.3, 0.4) is 0 Å². The Kier molecular flexibility index (Phi) is 4.20. The van der Waals surface area contributed by atoms with Crippen LogP contribution in [0.4, 0.5) is 0 Å². The molecule has 0 bridgehead atoms. The number of carbonyl (C=O) groups excluding carboxylic acids is 1. The maximum Gasteiger partial charge on any atom is 0.307 e. The summed E-state index contributed by atoms with van der Waals surface area (Å²) in [6, 6.07) is 11.8. The number of aliphatic carboxylic acids is 1. The summed E-state index contributed by atoms with van der Waals surface area (Å²) < 4.78 is 0. The lowest BCUT2D eigenvalue weighted by Gasteiger charge is -2.06. The SMILES string of the molecule is Cc1cc(CC(=O)O)cc(C(=O)c2ccc(Cl)cc2)c1. The smallest absolute Gasteiger partial charge is 0.307 e. The molecule has 2 rings (SSSR count). The summed E-state index contributed by atoms with van der Waals surface area (Å²) in [5.74, 6) is -1.06. The second-order valence-corrected chi connectivity index (χ2v) is 5.05. The fourth-order valence-corrected chi connectivity index (χ4v) is 2.16. The number of halogens is 1. The number of carbonyl (C=O) groups is 2. The molecule has 2 aromatic rings. The molecule has 102 valence electrons. The first-order valence-corrected chi connectivity index (χ1v) is 6.46. The Labute approximate surface area is 121 Å². The molecule has 0 spiro atoms. The fourth-order valence-electron chi connectivity index (χ4n) is 2.04. The average Bonchev–Trinajstić information content (AvgIpc) is 2.37. The summed E-state index contributed by atoms with van der Waals surface area (Å²) in [6.07, 6.45) is -0.0947. The Balaban J connectivity index is 2.36. The molecule has 20 heavy (non-hydrogen) atoms. The first-order chi connectivity index (χ1) is 9.45. The van der Waals surface area contributed by atoms with Crippen LogP contribution in [0.5, 0.6) is 0 Å². The van der Waals surface area contributed by atoms with E-state index in [1.165, 1.54) is 0 Å². The maximum absolute atomic E-state index is 12.4. The molecule has 4 heteroatoms. The second kappa shape index (κ2) is 5.88. The Bertz CT molecular complexity index is 660. The molecule has 0 fully saturated rings. The molecule has 0 amide bonds. The zero-order valence-corrected chi connectivity index (χ0v) is 11.6. The topological polar surface area (TPSA) is 54.4 Å². The highest BCUT2D eigenvalue weighted by molar-refractivity contribution is 6.30. The Morgan fingerprint density at radius 2 is 1.70 bits per heavy atom. The monoisotopic (exact) mass is 288 g/mol. The van der Waals surface area contributed by atoms with E-state index >= 15 is 0 Å². The van der Waals surface area contributed by atoms with Gasteiger partial charge in [0.05, 0.1) is 6.42 Å². The number of rotatable bonds is 4. The molecule has 0 radical (unpaired) electrons. The molecule has 0 aliphatic carbocycles. The van der Waals surface area contributed by atoms with E-state index in [0.29, 0.717) is 21.7 Å². The van der Waals surface area contributed by atoms with Crippen LogP contribution in [0.2, 0.25) is 5.02 Å². The Morgan fingerprint density at radius 1 is 1.05 bits per heavy atom. The highest BCUT2D eigenvalue weighted by Crippen LogP contribution is 2.17. The van der Waals surface area contributed by atoms with E-state index in [9.17, 15) is 9.59 Å². The van der Waals surface area contributed by atoms with E-state index in [0.717, 1.165) is 5.56 Å². The molecule has 0 aromatic heterocycles. The predicted molar refractivity (Wildman–Crippen MR) is 77.4 cm³/mol. The molecule has 0 aliphatic heterocycles. The fraction of sp³-hybridized carbons (Fsp3) is 0.125.